The van der Waals surface area contributed by atoms with Gasteiger partial charge < -0.3 is 19.8 Å². The first kappa shape index (κ1) is 23.3. The van der Waals surface area contributed by atoms with Gasteiger partial charge >= 0.3 is 5.97 Å². The van der Waals surface area contributed by atoms with Crippen LogP contribution in [0.15, 0.2) is 36.4 Å². The first-order valence-electron chi connectivity index (χ1n) is 11.7. The van der Waals surface area contributed by atoms with E-state index in [1.807, 2.05) is 35.2 Å². The minimum atomic E-state index is -0.755. The molecule has 1 aliphatic heterocycles. The largest absolute Gasteiger partial charge is 0.490 e. The minimum absolute atomic E-state index is 0.0130. The van der Waals surface area contributed by atoms with Crippen molar-refractivity contribution in [1.29, 1.82) is 0 Å². The Morgan fingerprint density at radius 3 is 2.71 bits per heavy atom. The molecule has 3 rings (SSSR count). The second kappa shape index (κ2) is 11.9. The van der Waals surface area contributed by atoms with E-state index in [2.05, 4.69) is 0 Å². The molecule has 31 heavy (non-hydrogen) atoms. The Labute approximate surface area is 184 Å². The molecule has 1 aromatic carbocycles. The molecule has 2 aliphatic rings. The van der Waals surface area contributed by atoms with Gasteiger partial charge in [-0.25, -0.2) is 0 Å². The van der Waals surface area contributed by atoms with E-state index in [4.69, 9.17) is 9.84 Å². The number of ether oxygens (including phenoxy) is 1. The molecule has 1 heterocycles. The number of amides is 1. The van der Waals surface area contributed by atoms with E-state index in [0.717, 1.165) is 49.8 Å². The lowest BCUT2D eigenvalue weighted by atomic mass is 10.1. The van der Waals surface area contributed by atoms with E-state index in [1.165, 1.54) is 12.8 Å². The Morgan fingerprint density at radius 1 is 1.16 bits per heavy atom. The van der Waals surface area contributed by atoms with Crippen LogP contribution in [-0.2, 0) is 9.59 Å². The number of aliphatic carboxylic acids is 1. The number of hydrogen-bond donors (Lipinski definition) is 2. The van der Waals surface area contributed by atoms with E-state index in [9.17, 15) is 14.7 Å². The number of carboxylic acids is 1. The third-order valence-corrected chi connectivity index (χ3v) is 6.23. The monoisotopic (exact) mass is 429 g/mol. The van der Waals surface area contributed by atoms with Gasteiger partial charge in [-0.3, -0.25) is 9.59 Å². The highest BCUT2D eigenvalue weighted by Crippen LogP contribution is 2.27. The molecule has 0 spiro atoms. The van der Waals surface area contributed by atoms with Crippen LogP contribution >= 0.6 is 0 Å². The van der Waals surface area contributed by atoms with Crippen LogP contribution in [-0.4, -0.2) is 45.7 Å². The highest BCUT2D eigenvalue weighted by molar-refractivity contribution is 5.79. The molecule has 1 saturated carbocycles. The molecule has 1 aliphatic carbocycles. The van der Waals surface area contributed by atoms with Gasteiger partial charge in [0.05, 0.1) is 18.2 Å². The van der Waals surface area contributed by atoms with Crippen LogP contribution in [0.5, 0.6) is 5.75 Å². The predicted molar refractivity (Wildman–Crippen MR) is 119 cm³/mol. The Morgan fingerprint density at radius 2 is 1.94 bits per heavy atom. The van der Waals surface area contributed by atoms with Crippen molar-refractivity contribution in [3.63, 3.8) is 0 Å². The number of aliphatic hydroxyl groups is 1. The fraction of sp³-hybridized carbons (Fsp3) is 0.600. The Balaban J connectivity index is 1.48. The summed E-state index contributed by atoms with van der Waals surface area (Å²) in [5.74, 6) is 0.202. The maximum atomic E-state index is 12.3. The van der Waals surface area contributed by atoms with Crippen LogP contribution in [0.4, 0.5) is 0 Å². The molecular formula is C25H35NO5. The number of aliphatic hydroxyl groups excluding tert-OH is 1. The summed E-state index contributed by atoms with van der Waals surface area (Å²) < 4.78 is 6.04. The highest BCUT2D eigenvalue weighted by Gasteiger charge is 2.28. The molecule has 6 nitrogen and oxygen atoms in total. The smallest absolute Gasteiger partial charge is 0.303 e. The zero-order valence-electron chi connectivity index (χ0n) is 18.2. The van der Waals surface area contributed by atoms with Crippen molar-refractivity contribution < 1.29 is 24.5 Å². The maximum absolute atomic E-state index is 12.3. The van der Waals surface area contributed by atoms with Crippen molar-refractivity contribution in [2.24, 2.45) is 0 Å². The fourth-order valence-electron chi connectivity index (χ4n) is 4.47. The molecule has 0 aromatic heterocycles. The number of unbranched alkanes of at least 4 members (excludes halogenated alkanes) is 3. The van der Waals surface area contributed by atoms with Crippen LogP contribution in [0, 0.1) is 0 Å². The third-order valence-electron chi connectivity index (χ3n) is 6.23. The summed E-state index contributed by atoms with van der Waals surface area (Å²) in [7, 11) is 0. The van der Waals surface area contributed by atoms with E-state index < -0.39 is 12.1 Å². The molecule has 6 heteroatoms. The Bertz CT molecular complexity index is 756. The summed E-state index contributed by atoms with van der Waals surface area (Å²) in [4.78, 5) is 24.7. The zero-order valence-corrected chi connectivity index (χ0v) is 18.2. The SMILES string of the molecule is O=C(O)CCCCCCN1C(=O)CCC1C=CC(O)c1cccc(OC2CCCC2)c1. The van der Waals surface area contributed by atoms with Crippen molar-refractivity contribution in [3.05, 3.63) is 42.0 Å². The molecule has 2 unspecified atom stereocenters. The number of carbonyl (C=O) groups is 2. The number of nitrogens with zero attached hydrogens (tertiary/aromatic N) is 1. The number of carbonyl (C=O) groups excluding carboxylic acids is 1. The van der Waals surface area contributed by atoms with Crippen LogP contribution < -0.4 is 4.74 Å². The predicted octanol–water partition coefficient (Wildman–Crippen LogP) is 4.62. The molecule has 1 saturated heterocycles. The molecule has 170 valence electrons. The van der Waals surface area contributed by atoms with Gasteiger partial charge in [0.2, 0.25) is 5.91 Å². The summed E-state index contributed by atoms with van der Waals surface area (Å²) in [6.07, 6.45) is 12.8. The summed E-state index contributed by atoms with van der Waals surface area (Å²) in [6, 6.07) is 7.66. The van der Waals surface area contributed by atoms with Gasteiger partial charge in [0, 0.05) is 19.4 Å². The van der Waals surface area contributed by atoms with Gasteiger partial charge in [-0.2, -0.15) is 0 Å². The average molecular weight is 430 g/mol. The third kappa shape index (κ3) is 7.39. The summed E-state index contributed by atoms with van der Waals surface area (Å²) in [5, 5.41) is 19.3. The fourth-order valence-corrected chi connectivity index (χ4v) is 4.47. The van der Waals surface area contributed by atoms with E-state index in [0.29, 0.717) is 19.4 Å². The number of likely N-dealkylation sites (tertiary alicyclic amines) is 1. The molecule has 0 radical (unpaired) electrons. The summed E-state index contributed by atoms with van der Waals surface area (Å²) in [6.45, 7) is 0.682. The maximum Gasteiger partial charge on any atom is 0.303 e. The van der Waals surface area contributed by atoms with Crippen LogP contribution in [0.3, 0.4) is 0 Å². The number of benzene rings is 1. The first-order valence-corrected chi connectivity index (χ1v) is 11.7. The molecular weight excluding hydrogens is 394 g/mol. The van der Waals surface area contributed by atoms with E-state index in [-0.39, 0.29) is 24.5 Å². The summed E-state index contributed by atoms with van der Waals surface area (Å²) in [5.41, 5.74) is 0.793. The normalized spacial score (nSPS) is 20.6. The topological polar surface area (TPSA) is 87.1 Å². The number of carboxylic acid groups (broad SMARTS) is 1. The van der Waals surface area contributed by atoms with Gasteiger partial charge in [-0.05, 0) is 62.6 Å². The van der Waals surface area contributed by atoms with Gasteiger partial charge in [0.1, 0.15) is 5.75 Å². The molecule has 2 fully saturated rings. The van der Waals surface area contributed by atoms with Gasteiger partial charge in [-0.15, -0.1) is 0 Å². The van der Waals surface area contributed by atoms with Gasteiger partial charge in [0.25, 0.3) is 0 Å². The standard InChI is InChI=1S/C25H35NO5/c27-23(19-8-7-11-22(18-19)31-21-9-4-5-10-21)15-13-20-14-16-24(28)26(20)17-6-2-1-3-12-25(29)30/h7-8,11,13,15,18,20-21,23,27H,1-6,9-10,12,14,16-17H2,(H,29,30). The second-order valence-corrected chi connectivity index (χ2v) is 8.68. The van der Waals surface area contributed by atoms with E-state index in [1.54, 1.807) is 6.08 Å². The lowest BCUT2D eigenvalue weighted by Crippen LogP contribution is -2.32. The quantitative estimate of drug-likeness (QED) is 0.374. The van der Waals surface area contributed by atoms with E-state index >= 15 is 0 Å². The molecule has 0 bridgehead atoms. The molecule has 1 aromatic rings. The van der Waals surface area contributed by atoms with Crippen molar-refractivity contribution in [2.75, 3.05) is 6.54 Å². The lowest BCUT2D eigenvalue weighted by Gasteiger charge is -2.22. The van der Waals surface area contributed by atoms with Crippen LogP contribution in [0.25, 0.3) is 0 Å². The molecule has 2 N–H and O–H groups in total. The van der Waals surface area contributed by atoms with Crippen LogP contribution in [0.1, 0.15) is 82.3 Å². The van der Waals surface area contributed by atoms with Gasteiger partial charge in [0.15, 0.2) is 0 Å². The van der Waals surface area contributed by atoms with Crippen molar-refractivity contribution in [1.82, 2.24) is 4.90 Å². The Kier molecular flexibility index (Phi) is 8.95. The lowest BCUT2D eigenvalue weighted by molar-refractivity contribution is -0.137. The van der Waals surface area contributed by atoms with Crippen molar-refractivity contribution in [3.8, 4) is 5.75 Å². The van der Waals surface area contributed by atoms with Gasteiger partial charge in [-0.1, -0.05) is 37.1 Å². The second-order valence-electron chi connectivity index (χ2n) is 8.68. The minimum Gasteiger partial charge on any atom is -0.490 e. The number of hydrogen-bond acceptors (Lipinski definition) is 4. The average Bonchev–Trinajstić information content (AvgIpc) is 3.38. The number of rotatable bonds is 12. The Hall–Kier alpha value is -2.34. The molecule has 1 amide bonds. The zero-order chi connectivity index (χ0) is 22.1. The van der Waals surface area contributed by atoms with Crippen LogP contribution in [0.2, 0.25) is 0 Å². The summed E-state index contributed by atoms with van der Waals surface area (Å²) >= 11 is 0. The highest BCUT2D eigenvalue weighted by atomic mass is 16.5. The first-order chi connectivity index (χ1) is 15.0. The molecule has 2 atom stereocenters. The van der Waals surface area contributed by atoms with Crippen molar-refractivity contribution >= 4 is 11.9 Å². The van der Waals surface area contributed by atoms with Crippen molar-refractivity contribution in [2.45, 2.75) is 88.9 Å².